The van der Waals surface area contributed by atoms with Crippen LogP contribution in [-0.4, -0.2) is 48.4 Å². The lowest BCUT2D eigenvalue weighted by Gasteiger charge is -2.32. The summed E-state index contributed by atoms with van der Waals surface area (Å²) in [4.78, 5) is 19.2. The zero-order chi connectivity index (χ0) is 19.5. The second-order valence-electron chi connectivity index (χ2n) is 7.48. The van der Waals surface area contributed by atoms with Crippen LogP contribution in [0.15, 0.2) is 42.7 Å². The van der Waals surface area contributed by atoms with Gasteiger partial charge in [-0.25, -0.2) is 4.98 Å². The van der Waals surface area contributed by atoms with Crippen LogP contribution >= 0.6 is 0 Å². The van der Waals surface area contributed by atoms with Gasteiger partial charge in [0.2, 0.25) is 0 Å². The summed E-state index contributed by atoms with van der Waals surface area (Å²) < 4.78 is 3.74. The van der Waals surface area contributed by atoms with Gasteiger partial charge < -0.3 is 4.90 Å². The molecule has 0 bridgehead atoms. The molecule has 7 nitrogen and oxygen atoms in total. The first kappa shape index (κ1) is 18.4. The summed E-state index contributed by atoms with van der Waals surface area (Å²) >= 11 is 0. The average Bonchev–Trinajstić information content (AvgIpc) is 3.36. The third-order valence-corrected chi connectivity index (χ3v) is 5.60. The molecule has 3 heterocycles. The number of rotatable bonds is 5. The van der Waals surface area contributed by atoms with Crippen LogP contribution in [0.3, 0.4) is 0 Å². The number of piperidine rings is 1. The standard InChI is InChI=1S/C21H26N6O/c1-16-23-20(24-25(16)2)18-4-6-19(7-5-18)21(28)26-13-8-17(9-14-26)10-15-27-12-3-11-22-27/h3-7,11-12,17H,8-10,13-15H2,1-2H3. The van der Waals surface area contributed by atoms with Crippen molar-refractivity contribution in [2.24, 2.45) is 13.0 Å². The highest BCUT2D eigenvalue weighted by Gasteiger charge is 2.23. The second-order valence-corrected chi connectivity index (χ2v) is 7.48. The molecule has 1 saturated heterocycles. The molecule has 0 unspecified atom stereocenters. The molecule has 146 valence electrons. The Labute approximate surface area is 165 Å². The Morgan fingerprint density at radius 3 is 2.54 bits per heavy atom. The van der Waals surface area contributed by atoms with E-state index in [0.29, 0.717) is 11.7 Å². The van der Waals surface area contributed by atoms with Crippen molar-refractivity contribution in [3.05, 3.63) is 54.1 Å². The lowest BCUT2D eigenvalue weighted by molar-refractivity contribution is 0.0684. The van der Waals surface area contributed by atoms with E-state index in [2.05, 4.69) is 15.2 Å². The minimum absolute atomic E-state index is 0.113. The molecule has 1 aliphatic rings. The van der Waals surface area contributed by atoms with Gasteiger partial charge >= 0.3 is 0 Å². The number of nitrogens with zero attached hydrogens (tertiary/aromatic N) is 6. The summed E-state index contributed by atoms with van der Waals surface area (Å²) in [5.41, 5.74) is 1.66. The van der Waals surface area contributed by atoms with E-state index in [9.17, 15) is 4.79 Å². The Morgan fingerprint density at radius 2 is 1.93 bits per heavy atom. The van der Waals surface area contributed by atoms with E-state index in [0.717, 1.165) is 55.8 Å². The third kappa shape index (κ3) is 3.98. The largest absolute Gasteiger partial charge is 0.339 e. The molecule has 1 aromatic carbocycles. The van der Waals surface area contributed by atoms with Crippen molar-refractivity contribution in [2.75, 3.05) is 13.1 Å². The second kappa shape index (κ2) is 7.96. The summed E-state index contributed by atoms with van der Waals surface area (Å²) in [6, 6.07) is 9.58. The summed E-state index contributed by atoms with van der Waals surface area (Å²) in [7, 11) is 1.88. The molecule has 0 atom stereocenters. The summed E-state index contributed by atoms with van der Waals surface area (Å²) in [5.74, 6) is 2.33. The molecule has 1 amide bonds. The maximum atomic E-state index is 12.8. The molecule has 1 fully saturated rings. The van der Waals surface area contributed by atoms with Gasteiger partial charge in [0.1, 0.15) is 5.82 Å². The first-order valence-electron chi connectivity index (χ1n) is 9.85. The van der Waals surface area contributed by atoms with Crippen molar-refractivity contribution in [3.8, 4) is 11.4 Å². The summed E-state index contributed by atoms with van der Waals surface area (Å²) in [6.45, 7) is 4.53. The van der Waals surface area contributed by atoms with E-state index in [1.165, 1.54) is 0 Å². The zero-order valence-corrected chi connectivity index (χ0v) is 16.5. The highest BCUT2D eigenvalue weighted by molar-refractivity contribution is 5.94. The third-order valence-electron chi connectivity index (χ3n) is 5.60. The minimum Gasteiger partial charge on any atom is -0.339 e. The smallest absolute Gasteiger partial charge is 0.253 e. The van der Waals surface area contributed by atoms with Crippen LogP contribution in [0, 0.1) is 12.8 Å². The normalized spacial score (nSPS) is 15.1. The number of aromatic nitrogens is 5. The molecule has 0 spiro atoms. The Morgan fingerprint density at radius 1 is 1.18 bits per heavy atom. The predicted octanol–water partition coefficient (Wildman–Crippen LogP) is 2.93. The Kier molecular flexibility index (Phi) is 5.23. The lowest BCUT2D eigenvalue weighted by Crippen LogP contribution is -2.38. The molecule has 0 N–H and O–H groups in total. The number of carbonyl (C=O) groups excluding carboxylic acids is 1. The maximum absolute atomic E-state index is 12.8. The van der Waals surface area contributed by atoms with Gasteiger partial charge in [-0.1, -0.05) is 12.1 Å². The predicted molar refractivity (Wildman–Crippen MR) is 107 cm³/mol. The number of hydrogen-bond acceptors (Lipinski definition) is 4. The van der Waals surface area contributed by atoms with Gasteiger partial charge in [-0.15, -0.1) is 0 Å². The molecule has 7 heteroatoms. The van der Waals surface area contributed by atoms with Gasteiger partial charge in [-0.05, 0) is 50.3 Å². The van der Waals surface area contributed by atoms with Crippen LogP contribution in [0.2, 0.25) is 0 Å². The van der Waals surface area contributed by atoms with Crippen molar-refractivity contribution in [1.29, 1.82) is 0 Å². The molecular formula is C21H26N6O. The monoisotopic (exact) mass is 378 g/mol. The van der Waals surface area contributed by atoms with Gasteiger partial charge in [-0.2, -0.15) is 10.2 Å². The topological polar surface area (TPSA) is 68.8 Å². The number of likely N-dealkylation sites (tertiary alicyclic amines) is 1. The van der Waals surface area contributed by atoms with Crippen LogP contribution < -0.4 is 0 Å². The number of hydrogen-bond donors (Lipinski definition) is 0. The molecule has 3 aromatic rings. The van der Waals surface area contributed by atoms with Crippen LogP contribution in [0.5, 0.6) is 0 Å². The first-order chi connectivity index (χ1) is 13.6. The van der Waals surface area contributed by atoms with E-state index in [1.54, 1.807) is 4.68 Å². The fourth-order valence-electron chi connectivity index (χ4n) is 3.70. The molecule has 1 aliphatic heterocycles. The Bertz CT molecular complexity index is 901. The van der Waals surface area contributed by atoms with E-state index < -0.39 is 0 Å². The van der Waals surface area contributed by atoms with Gasteiger partial charge in [0.15, 0.2) is 5.82 Å². The lowest BCUT2D eigenvalue weighted by atomic mass is 9.93. The maximum Gasteiger partial charge on any atom is 0.253 e. The molecule has 4 rings (SSSR count). The number of aryl methyl sites for hydroxylation is 3. The Balaban J connectivity index is 1.32. The Hall–Kier alpha value is -2.96. The van der Waals surface area contributed by atoms with E-state index in [4.69, 9.17) is 0 Å². The van der Waals surface area contributed by atoms with E-state index in [-0.39, 0.29) is 5.91 Å². The highest BCUT2D eigenvalue weighted by atomic mass is 16.2. The van der Waals surface area contributed by atoms with E-state index in [1.807, 2.05) is 66.3 Å². The van der Waals surface area contributed by atoms with Crippen molar-refractivity contribution < 1.29 is 4.79 Å². The minimum atomic E-state index is 0.113. The molecule has 0 saturated carbocycles. The van der Waals surface area contributed by atoms with Crippen molar-refractivity contribution >= 4 is 5.91 Å². The van der Waals surface area contributed by atoms with Crippen molar-refractivity contribution in [1.82, 2.24) is 29.4 Å². The van der Waals surface area contributed by atoms with Gasteiger partial charge in [0.05, 0.1) is 0 Å². The van der Waals surface area contributed by atoms with Gasteiger partial charge in [-0.3, -0.25) is 14.2 Å². The zero-order valence-electron chi connectivity index (χ0n) is 16.5. The molecule has 28 heavy (non-hydrogen) atoms. The number of benzene rings is 1. The average molecular weight is 378 g/mol. The summed E-state index contributed by atoms with van der Waals surface area (Å²) in [5, 5.41) is 8.65. The van der Waals surface area contributed by atoms with Crippen LogP contribution in [0.4, 0.5) is 0 Å². The van der Waals surface area contributed by atoms with Gasteiger partial charge in [0.25, 0.3) is 5.91 Å². The van der Waals surface area contributed by atoms with Crippen LogP contribution in [-0.2, 0) is 13.6 Å². The molecule has 2 aromatic heterocycles. The SMILES string of the molecule is Cc1nc(-c2ccc(C(=O)N3CCC(CCn4cccn4)CC3)cc2)nn1C. The van der Waals surface area contributed by atoms with Crippen molar-refractivity contribution in [2.45, 2.75) is 32.7 Å². The number of amides is 1. The van der Waals surface area contributed by atoms with Crippen LogP contribution in [0.1, 0.15) is 35.4 Å². The fraction of sp³-hybridized carbons (Fsp3) is 0.429. The number of carbonyl (C=O) groups is 1. The molecule has 0 aliphatic carbocycles. The van der Waals surface area contributed by atoms with Crippen LogP contribution in [0.25, 0.3) is 11.4 Å². The first-order valence-corrected chi connectivity index (χ1v) is 9.85. The summed E-state index contributed by atoms with van der Waals surface area (Å²) in [6.07, 6.45) is 7.06. The van der Waals surface area contributed by atoms with Crippen molar-refractivity contribution in [3.63, 3.8) is 0 Å². The molecular weight excluding hydrogens is 352 g/mol. The van der Waals surface area contributed by atoms with E-state index >= 15 is 0 Å². The molecule has 0 radical (unpaired) electrons. The fourth-order valence-corrected chi connectivity index (χ4v) is 3.70. The highest BCUT2D eigenvalue weighted by Crippen LogP contribution is 2.23. The quantitative estimate of drug-likeness (QED) is 0.684. The van der Waals surface area contributed by atoms with Gasteiger partial charge in [0, 0.05) is 50.2 Å².